The lowest BCUT2D eigenvalue weighted by molar-refractivity contribution is -0.153. The topological polar surface area (TPSA) is 165 Å². The summed E-state index contributed by atoms with van der Waals surface area (Å²) in [4.78, 5) is 30.4. The van der Waals surface area contributed by atoms with Crippen LogP contribution in [0.25, 0.3) is 5.82 Å². The predicted octanol–water partition coefficient (Wildman–Crippen LogP) is 2.03. The van der Waals surface area contributed by atoms with Crippen LogP contribution in [0.1, 0.15) is 33.6 Å². The molecule has 2 aromatic heterocycles. The zero-order chi connectivity index (χ0) is 29.6. The molecule has 2 N–H and O–H groups in total. The number of rotatable bonds is 6. The summed E-state index contributed by atoms with van der Waals surface area (Å²) in [5.41, 5.74) is -0.0641. The van der Waals surface area contributed by atoms with Crippen LogP contribution in [0.5, 0.6) is 11.5 Å². The molecule has 0 bridgehead atoms. The number of amides is 2. The normalized spacial score (nSPS) is 18.0. The van der Waals surface area contributed by atoms with E-state index >= 15 is 0 Å². The van der Waals surface area contributed by atoms with Gasteiger partial charge in [0.25, 0.3) is 5.91 Å². The number of pyridine rings is 1. The van der Waals surface area contributed by atoms with Crippen LogP contribution in [-0.2, 0) is 26.6 Å². The molecule has 5 rings (SSSR count). The summed E-state index contributed by atoms with van der Waals surface area (Å²) in [7, 11) is -3.70. The summed E-state index contributed by atoms with van der Waals surface area (Å²) in [5.74, 6) is -2.17. The Kier molecular flexibility index (Phi) is 6.85. The molecule has 3 aromatic rings. The van der Waals surface area contributed by atoms with Gasteiger partial charge in [0.05, 0.1) is 23.4 Å². The smallest absolute Gasteiger partial charge is 0.422 e. The number of halogens is 3. The Morgan fingerprint density at radius 3 is 2.76 bits per heavy atom. The highest BCUT2D eigenvalue weighted by Crippen LogP contribution is 2.44. The highest BCUT2D eigenvalue weighted by molar-refractivity contribution is 7.91. The van der Waals surface area contributed by atoms with E-state index in [4.69, 9.17) is 14.7 Å². The van der Waals surface area contributed by atoms with E-state index in [9.17, 15) is 31.2 Å². The minimum Gasteiger partial charge on any atom is -0.493 e. The van der Waals surface area contributed by atoms with Crippen molar-refractivity contribution in [1.82, 2.24) is 20.1 Å². The molecule has 0 saturated heterocycles. The van der Waals surface area contributed by atoms with Crippen molar-refractivity contribution in [2.24, 2.45) is 0 Å². The van der Waals surface area contributed by atoms with Gasteiger partial charge in [0, 0.05) is 36.9 Å². The fourth-order valence-corrected chi connectivity index (χ4v) is 5.30. The fraction of sp³-hybridized carbons (Fsp3) is 0.320. The standard InChI is InChI=1S/C25H21F3N6O6S/c1-41(37,38)12-20(35)31-22-21-17(33-34(22)19-5-2-14(10-29)11-30-19)9-24(32-23(21)36)6-7-39-18-8-15(3-4-16(18)24)40-13-25(26,27)28/h2-5,8,11H,6-7,9,12-13H2,1H3,(H,31,35)(H,32,36)/t24-/m0/s1. The van der Waals surface area contributed by atoms with Crippen LogP contribution in [0.15, 0.2) is 36.5 Å². The Balaban J connectivity index is 1.55. The van der Waals surface area contributed by atoms with Crippen molar-refractivity contribution < 1.29 is 40.7 Å². The summed E-state index contributed by atoms with van der Waals surface area (Å²) < 4.78 is 72.9. The predicted molar refractivity (Wildman–Crippen MR) is 135 cm³/mol. The molecule has 214 valence electrons. The van der Waals surface area contributed by atoms with Crippen molar-refractivity contribution in [3.8, 4) is 23.4 Å². The summed E-state index contributed by atoms with van der Waals surface area (Å²) in [6.07, 6.45) is -1.97. The number of benzene rings is 1. The van der Waals surface area contributed by atoms with Crippen LogP contribution in [-0.4, -0.2) is 66.4 Å². The number of nitrogens with zero attached hydrogens (tertiary/aromatic N) is 4. The van der Waals surface area contributed by atoms with Gasteiger partial charge in [-0.05, 0) is 24.3 Å². The first-order valence-electron chi connectivity index (χ1n) is 12.0. The molecule has 0 saturated carbocycles. The number of nitrogens with one attached hydrogen (secondary N) is 2. The quantitative estimate of drug-likeness (QED) is 0.437. The number of carbonyl (C=O) groups is 2. The Morgan fingerprint density at radius 1 is 1.32 bits per heavy atom. The first-order valence-corrected chi connectivity index (χ1v) is 14.1. The van der Waals surface area contributed by atoms with Gasteiger partial charge in [-0.15, -0.1) is 0 Å². The fourth-order valence-electron chi connectivity index (χ4n) is 4.76. The number of hydrogen-bond acceptors (Lipinski definition) is 9. The Hall–Kier alpha value is -4.65. The molecule has 0 aliphatic carbocycles. The molecular weight excluding hydrogens is 569 g/mol. The third-order valence-corrected chi connectivity index (χ3v) is 7.20. The zero-order valence-corrected chi connectivity index (χ0v) is 22.1. The van der Waals surface area contributed by atoms with Gasteiger partial charge in [-0.3, -0.25) is 9.59 Å². The maximum absolute atomic E-state index is 13.6. The molecule has 1 atom stereocenters. The van der Waals surface area contributed by atoms with Crippen molar-refractivity contribution in [3.05, 3.63) is 58.9 Å². The third kappa shape index (κ3) is 5.80. The highest BCUT2D eigenvalue weighted by atomic mass is 32.2. The van der Waals surface area contributed by atoms with Crippen molar-refractivity contribution in [3.63, 3.8) is 0 Å². The Morgan fingerprint density at radius 2 is 2.10 bits per heavy atom. The molecule has 16 heteroatoms. The van der Waals surface area contributed by atoms with Crippen LogP contribution in [0.4, 0.5) is 19.0 Å². The largest absolute Gasteiger partial charge is 0.493 e. The molecule has 1 spiro atoms. The molecular formula is C25H21F3N6O6S. The van der Waals surface area contributed by atoms with E-state index in [2.05, 4.69) is 20.7 Å². The summed E-state index contributed by atoms with van der Waals surface area (Å²) in [6.45, 7) is -1.35. The maximum atomic E-state index is 13.6. The first-order chi connectivity index (χ1) is 19.3. The molecule has 2 amide bonds. The molecule has 4 heterocycles. The third-order valence-electron chi connectivity index (χ3n) is 6.41. The van der Waals surface area contributed by atoms with Crippen molar-refractivity contribution in [1.29, 1.82) is 5.26 Å². The van der Waals surface area contributed by atoms with E-state index in [0.717, 1.165) is 6.26 Å². The van der Waals surface area contributed by atoms with Gasteiger partial charge in [0.2, 0.25) is 5.91 Å². The Labute approximate surface area is 231 Å². The van der Waals surface area contributed by atoms with Gasteiger partial charge in [0.15, 0.2) is 28.1 Å². The summed E-state index contributed by atoms with van der Waals surface area (Å²) >= 11 is 0. The molecule has 0 fully saturated rings. The first kappa shape index (κ1) is 27.9. The van der Waals surface area contributed by atoms with Crippen LogP contribution >= 0.6 is 0 Å². The number of aromatic nitrogens is 3. The second kappa shape index (κ2) is 10.1. The van der Waals surface area contributed by atoms with E-state index in [1.165, 1.54) is 41.2 Å². The van der Waals surface area contributed by atoms with Crippen LogP contribution in [0, 0.1) is 11.3 Å². The van der Waals surface area contributed by atoms with E-state index in [1.807, 2.05) is 6.07 Å². The number of ether oxygens (including phenoxy) is 2. The van der Waals surface area contributed by atoms with E-state index < -0.39 is 45.7 Å². The molecule has 0 unspecified atom stereocenters. The minimum atomic E-state index is -4.53. The average molecular weight is 591 g/mol. The second-order valence-electron chi connectivity index (χ2n) is 9.59. The SMILES string of the molecule is CS(=O)(=O)CC(=O)Nc1c2c(nn1-c1ccc(C#N)cn1)C[C@]1(CCOc3cc(OCC(F)(F)F)ccc31)NC2=O. The maximum Gasteiger partial charge on any atom is 0.422 e. The van der Waals surface area contributed by atoms with Crippen molar-refractivity contribution in [2.75, 3.05) is 30.5 Å². The van der Waals surface area contributed by atoms with Crippen LogP contribution in [0.2, 0.25) is 0 Å². The van der Waals surface area contributed by atoms with Gasteiger partial charge in [-0.25, -0.2) is 13.4 Å². The molecule has 1 aromatic carbocycles. The van der Waals surface area contributed by atoms with Gasteiger partial charge in [-0.1, -0.05) is 0 Å². The molecule has 41 heavy (non-hydrogen) atoms. The number of fused-ring (bicyclic) bond motifs is 3. The van der Waals surface area contributed by atoms with Crippen LogP contribution in [0.3, 0.4) is 0 Å². The number of anilines is 1. The lowest BCUT2D eigenvalue weighted by Crippen LogP contribution is -2.53. The van der Waals surface area contributed by atoms with Crippen molar-refractivity contribution >= 4 is 27.5 Å². The molecule has 0 radical (unpaired) electrons. The average Bonchev–Trinajstić information content (AvgIpc) is 3.24. The monoisotopic (exact) mass is 590 g/mol. The van der Waals surface area contributed by atoms with Gasteiger partial charge >= 0.3 is 6.18 Å². The van der Waals surface area contributed by atoms with Gasteiger partial charge < -0.3 is 20.1 Å². The number of nitriles is 1. The van der Waals surface area contributed by atoms with E-state index in [1.54, 1.807) is 0 Å². The van der Waals surface area contributed by atoms with Gasteiger partial charge in [0.1, 0.15) is 28.9 Å². The number of carbonyl (C=O) groups excluding carboxylic acids is 2. The summed E-state index contributed by atoms with van der Waals surface area (Å²) in [5, 5.41) is 19.0. The molecule has 2 aliphatic heterocycles. The second-order valence-corrected chi connectivity index (χ2v) is 11.7. The Bertz CT molecular complexity index is 1700. The van der Waals surface area contributed by atoms with E-state index in [-0.39, 0.29) is 53.0 Å². The van der Waals surface area contributed by atoms with Crippen molar-refractivity contribution in [2.45, 2.75) is 24.6 Å². The number of alkyl halides is 3. The van der Waals surface area contributed by atoms with E-state index in [0.29, 0.717) is 12.0 Å². The lowest BCUT2D eigenvalue weighted by Gasteiger charge is -2.41. The zero-order valence-electron chi connectivity index (χ0n) is 21.3. The van der Waals surface area contributed by atoms with Crippen LogP contribution < -0.4 is 20.1 Å². The molecule has 12 nitrogen and oxygen atoms in total. The summed E-state index contributed by atoms with van der Waals surface area (Å²) in [6, 6.07) is 9.02. The number of sulfone groups is 1. The minimum absolute atomic E-state index is 0.0122. The lowest BCUT2D eigenvalue weighted by atomic mass is 9.77. The number of hydrogen-bond donors (Lipinski definition) is 2. The molecule has 2 aliphatic rings. The highest BCUT2D eigenvalue weighted by Gasteiger charge is 2.46. The van der Waals surface area contributed by atoms with Gasteiger partial charge in [-0.2, -0.15) is 28.2 Å².